The fourth-order valence-electron chi connectivity index (χ4n) is 1.44. The zero-order valence-electron chi connectivity index (χ0n) is 12.4. The molecule has 2 aromatic heterocycles. The molecule has 120 valence electrons. The smallest absolute Gasteiger partial charge is 0.351 e. The molecule has 1 amide bonds. The third kappa shape index (κ3) is 4.57. The Morgan fingerprint density at radius 1 is 1.32 bits per heavy atom. The average molecular weight is 315 g/mol. The summed E-state index contributed by atoms with van der Waals surface area (Å²) in [5.41, 5.74) is 0.292. The topological polar surface area (TPSA) is 68.0 Å². The Bertz CT molecular complexity index is 624. The van der Waals surface area contributed by atoms with Gasteiger partial charge in [-0.25, -0.2) is 4.98 Å². The fraction of sp³-hybridized carbons (Fsp3) is 0.357. The maximum absolute atomic E-state index is 12.3. The molecule has 0 aliphatic carbocycles. The van der Waals surface area contributed by atoms with Crippen LogP contribution >= 0.6 is 0 Å². The van der Waals surface area contributed by atoms with Gasteiger partial charge in [-0.3, -0.25) is 4.79 Å². The van der Waals surface area contributed by atoms with Gasteiger partial charge in [-0.05, 0) is 18.6 Å². The molecule has 0 bridgehead atoms. The molecule has 0 aromatic carbocycles. The summed E-state index contributed by atoms with van der Waals surface area (Å²) in [6.45, 7) is 5.89. The molecule has 0 atom stereocenters. The van der Waals surface area contributed by atoms with Crippen LogP contribution in [0.15, 0.2) is 28.8 Å². The number of nitrogens with one attached hydrogen (secondary N) is 1. The summed E-state index contributed by atoms with van der Waals surface area (Å²) in [5, 5.41) is 5.44. The Morgan fingerprint density at radius 3 is 2.55 bits per heavy atom. The van der Waals surface area contributed by atoms with Crippen molar-refractivity contribution in [3.05, 3.63) is 41.4 Å². The van der Waals surface area contributed by atoms with E-state index in [4.69, 9.17) is 0 Å². The van der Waals surface area contributed by atoms with Crippen LogP contribution in [0.1, 0.15) is 42.7 Å². The Morgan fingerprint density at radius 2 is 2.00 bits per heavy atom. The highest BCUT2D eigenvalue weighted by Gasteiger charge is 2.36. The number of nitrogens with zero attached hydrogens (tertiary/aromatic N) is 2. The van der Waals surface area contributed by atoms with Crippen molar-refractivity contribution in [1.29, 1.82) is 0 Å². The molecule has 2 rings (SSSR count). The summed E-state index contributed by atoms with van der Waals surface area (Å²) < 4.78 is 41.0. The number of pyridine rings is 1. The maximum Gasteiger partial charge on any atom is 0.452 e. The molecule has 0 saturated heterocycles. The van der Waals surface area contributed by atoms with Gasteiger partial charge < -0.3 is 9.84 Å². The molecule has 0 aliphatic heterocycles. The molecule has 0 unspecified atom stereocenters. The van der Waals surface area contributed by atoms with Crippen molar-refractivity contribution in [3.8, 4) is 0 Å². The second kappa shape index (κ2) is 7.58. The van der Waals surface area contributed by atoms with Crippen LogP contribution in [0.25, 0.3) is 0 Å². The number of aryl methyl sites for hydroxylation is 1. The van der Waals surface area contributed by atoms with Crippen molar-refractivity contribution in [3.63, 3.8) is 0 Å². The summed E-state index contributed by atoms with van der Waals surface area (Å²) in [6.07, 6.45) is -4.00. The van der Waals surface area contributed by atoms with E-state index in [1.54, 1.807) is 12.1 Å². The molecule has 22 heavy (non-hydrogen) atoms. The van der Waals surface area contributed by atoms with Gasteiger partial charge in [0, 0.05) is 11.8 Å². The number of hydrogen-bond donors (Lipinski definition) is 1. The third-order valence-electron chi connectivity index (χ3n) is 2.43. The van der Waals surface area contributed by atoms with Crippen LogP contribution < -0.4 is 5.32 Å². The van der Waals surface area contributed by atoms with Gasteiger partial charge in [0.05, 0.1) is 0 Å². The van der Waals surface area contributed by atoms with Gasteiger partial charge in [-0.15, -0.1) is 0 Å². The van der Waals surface area contributed by atoms with E-state index < -0.39 is 23.5 Å². The summed E-state index contributed by atoms with van der Waals surface area (Å²) in [5.74, 6) is -1.89. The molecule has 0 radical (unpaired) electrons. The summed E-state index contributed by atoms with van der Waals surface area (Å²) in [7, 11) is 0. The van der Waals surface area contributed by atoms with Crippen molar-refractivity contribution in [2.24, 2.45) is 0 Å². The molecule has 1 N–H and O–H groups in total. The highest BCUT2D eigenvalue weighted by atomic mass is 19.4. The van der Waals surface area contributed by atoms with E-state index in [-0.39, 0.29) is 5.82 Å². The van der Waals surface area contributed by atoms with Crippen LogP contribution in [-0.2, 0) is 12.6 Å². The lowest BCUT2D eigenvalue weighted by Gasteiger charge is -2.03. The molecule has 2 heterocycles. The number of aromatic nitrogens is 2. The molecule has 0 fully saturated rings. The number of carbonyl (C=O) groups is 1. The zero-order valence-corrected chi connectivity index (χ0v) is 12.4. The first-order chi connectivity index (χ1) is 10.4. The number of alkyl halides is 3. The van der Waals surface area contributed by atoms with Gasteiger partial charge in [0.25, 0.3) is 5.91 Å². The van der Waals surface area contributed by atoms with E-state index in [0.29, 0.717) is 12.5 Å². The second-order valence-corrected chi connectivity index (χ2v) is 3.90. The van der Waals surface area contributed by atoms with Crippen LogP contribution in [0.3, 0.4) is 0 Å². The quantitative estimate of drug-likeness (QED) is 0.932. The normalized spacial score (nSPS) is 10.6. The fourth-order valence-corrected chi connectivity index (χ4v) is 1.44. The van der Waals surface area contributed by atoms with E-state index in [9.17, 15) is 18.0 Å². The number of rotatable bonds is 3. The Hall–Kier alpha value is -2.38. The minimum atomic E-state index is -4.67. The molecule has 0 spiro atoms. The zero-order chi connectivity index (χ0) is 16.8. The van der Waals surface area contributed by atoms with Crippen LogP contribution in [0, 0.1) is 0 Å². The van der Waals surface area contributed by atoms with Crippen LogP contribution in [0.4, 0.5) is 19.0 Å². The Balaban J connectivity index is 0.00000116. The molecule has 2 aromatic rings. The summed E-state index contributed by atoms with van der Waals surface area (Å²) in [4.78, 5) is 15.8. The summed E-state index contributed by atoms with van der Waals surface area (Å²) in [6, 6.07) is 5.53. The molecule has 5 nitrogen and oxygen atoms in total. The van der Waals surface area contributed by atoms with Crippen molar-refractivity contribution in [2.75, 3.05) is 5.32 Å². The van der Waals surface area contributed by atoms with Gasteiger partial charge in [0.2, 0.25) is 5.76 Å². The number of hydrogen-bond acceptors (Lipinski definition) is 4. The molecule has 8 heteroatoms. The molecular formula is C14H16F3N3O2. The largest absolute Gasteiger partial charge is 0.452 e. The van der Waals surface area contributed by atoms with Gasteiger partial charge in [0.15, 0.2) is 5.69 Å². The van der Waals surface area contributed by atoms with Gasteiger partial charge >= 0.3 is 6.18 Å². The molecule has 0 saturated carbocycles. The van der Waals surface area contributed by atoms with Crippen molar-refractivity contribution >= 4 is 11.7 Å². The standard InChI is InChI=1S/C12H10F3N3O2.C2H6/c1-2-7-4-3-5-10(16-7)17-11(19)8-6-9(20-18-8)12(13,14)15;1-2/h3-6H,2H2,1H3,(H,16,17,19);1-2H3. The lowest BCUT2D eigenvalue weighted by Crippen LogP contribution is -2.13. The van der Waals surface area contributed by atoms with Crippen molar-refractivity contribution < 1.29 is 22.5 Å². The van der Waals surface area contributed by atoms with Crippen molar-refractivity contribution in [2.45, 2.75) is 33.4 Å². The second-order valence-electron chi connectivity index (χ2n) is 3.90. The number of amides is 1. The first-order valence-corrected chi connectivity index (χ1v) is 6.71. The molecular weight excluding hydrogens is 299 g/mol. The van der Waals surface area contributed by atoms with Gasteiger partial charge in [0.1, 0.15) is 5.82 Å². The first-order valence-electron chi connectivity index (χ1n) is 6.71. The van der Waals surface area contributed by atoms with E-state index in [2.05, 4.69) is 20.0 Å². The SMILES string of the molecule is CC.CCc1cccc(NC(=O)c2cc(C(F)(F)F)on2)n1. The maximum atomic E-state index is 12.3. The van der Waals surface area contributed by atoms with Gasteiger partial charge in [-0.2, -0.15) is 13.2 Å². The monoisotopic (exact) mass is 315 g/mol. The minimum Gasteiger partial charge on any atom is -0.351 e. The van der Waals surface area contributed by atoms with E-state index in [0.717, 1.165) is 5.69 Å². The number of halogens is 3. The summed E-state index contributed by atoms with van der Waals surface area (Å²) >= 11 is 0. The van der Waals surface area contributed by atoms with E-state index in [1.807, 2.05) is 20.8 Å². The Kier molecular flexibility index (Phi) is 6.09. The van der Waals surface area contributed by atoms with Crippen LogP contribution in [0.5, 0.6) is 0 Å². The minimum absolute atomic E-state index is 0.242. The van der Waals surface area contributed by atoms with Crippen molar-refractivity contribution in [1.82, 2.24) is 10.1 Å². The van der Waals surface area contributed by atoms with E-state index in [1.165, 1.54) is 6.07 Å². The van der Waals surface area contributed by atoms with Crippen LogP contribution in [-0.4, -0.2) is 16.0 Å². The highest BCUT2D eigenvalue weighted by Crippen LogP contribution is 2.29. The predicted molar refractivity (Wildman–Crippen MR) is 74.4 cm³/mol. The number of anilines is 1. The van der Waals surface area contributed by atoms with Crippen LogP contribution in [0.2, 0.25) is 0 Å². The van der Waals surface area contributed by atoms with Gasteiger partial charge in [-0.1, -0.05) is 32.0 Å². The lowest BCUT2D eigenvalue weighted by molar-refractivity contribution is -0.155. The Labute approximate surface area is 125 Å². The lowest BCUT2D eigenvalue weighted by atomic mass is 10.3. The molecule has 0 aliphatic rings. The van der Waals surface area contributed by atoms with E-state index >= 15 is 0 Å². The highest BCUT2D eigenvalue weighted by molar-refractivity contribution is 6.02. The predicted octanol–water partition coefficient (Wildman–Crippen LogP) is 3.93. The first kappa shape index (κ1) is 17.7. The third-order valence-corrected chi connectivity index (χ3v) is 2.43. The number of carbonyl (C=O) groups excluding carboxylic acids is 1. The average Bonchev–Trinajstić information content (AvgIpc) is 2.99.